The molecule has 0 spiro atoms. The summed E-state index contributed by atoms with van der Waals surface area (Å²) in [6, 6.07) is 8.38. The van der Waals surface area contributed by atoms with Gasteiger partial charge in [0.25, 0.3) is 11.8 Å². The molecule has 3 rings (SSSR count). The normalized spacial score (nSPS) is 10.5. The summed E-state index contributed by atoms with van der Waals surface area (Å²) >= 11 is 9.25. The Morgan fingerprint density at radius 2 is 1.96 bits per heavy atom. The van der Waals surface area contributed by atoms with Crippen LogP contribution in [0.2, 0.25) is 5.02 Å². The number of carbonyl (C=O) groups excluding carboxylic acids is 2. The lowest BCUT2D eigenvalue weighted by molar-refractivity contribution is 0.0845. The van der Waals surface area contributed by atoms with Crippen molar-refractivity contribution >= 4 is 50.2 Å². The Bertz CT molecular complexity index is 909. The maximum Gasteiger partial charge on any atom is 0.286 e. The number of aromatic amines is 1. The van der Waals surface area contributed by atoms with Crippen molar-refractivity contribution in [1.82, 2.24) is 20.8 Å². The van der Waals surface area contributed by atoms with E-state index in [1.165, 1.54) is 6.07 Å². The number of hydrazine groups is 1. The molecule has 3 aromatic rings. The molecule has 116 valence electrons. The monoisotopic (exact) mass is 392 g/mol. The minimum Gasteiger partial charge on any atom is -0.356 e. The molecule has 0 aliphatic carbocycles. The van der Waals surface area contributed by atoms with E-state index < -0.39 is 11.8 Å². The summed E-state index contributed by atoms with van der Waals surface area (Å²) < 4.78 is 0.735. The highest BCUT2D eigenvalue weighted by atomic mass is 79.9. The molecule has 2 aromatic heterocycles. The average Bonchev–Trinajstić information content (AvgIpc) is 2.98. The Morgan fingerprint density at radius 1 is 1.17 bits per heavy atom. The quantitative estimate of drug-likeness (QED) is 0.585. The first-order valence-corrected chi connectivity index (χ1v) is 7.70. The van der Waals surface area contributed by atoms with E-state index in [1.54, 1.807) is 36.7 Å². The highest BCUT2D eigenvalue weighted by Crippen LogP contribution is 2.22. The lowest BCUT2D eigenvalue weighted by Crippen LogP contribution is -2.41. The van der Waals surface area contributed by atoms with Crippen LogP contribution in [0.5, 0.6) is 0 Å². The highest BCUT2D eigenvalue weighted by molar-refractivity contribution is 9.10. The van der Waals surface area contributed by atoms with Crippen LogP contribution in [0.4, 0.5) is 0 Å². The lowest BCUT2D eigenvalue weighted by Gasteiger charge is -2.09. The molecule has 0 aliphatic rings. The standard InChI is InChI=1S/C15H10BrClN4O2/c16-9-5-12(19-7-9)15(23)21-20-14(22)11-6-10(17)4-8-2-1-3-18-13(8)11/h1-7,19H,(H,20,22)(H,21,23). The summed E-state index contributed by atoms with van der Waals surface area (Å²) in [7, 11) is 0. The van der Waals surface area contributed by atoms with Gasteiger partial charge in [0.05, 0.1) is 11.1 Å². The summed E-state index contributed by atoms with van der Waals surface area (Å²) in [5, 5.41) is 1.15. The average molecular weight is 394 g/mol. The molecule has 1 aromatic carbocycles. The fraction of sp³-hybridized carbons (Fsp3) is 0. The second-order valence-corrected chi connectivity index (χ2v) is 6.02. The largest absolute Gasteiger partial charge is 0.356 e. The Balaban J connectivity index is 1.80. The number of nitrogens with one attached hydrogen (secondary N) is 3. The Labute approximate surface area is 144 Å². The van der Waals surface area contributed by atoms with Crippen molar-refractivity contribution in [2.45, 2.75) is 0 Å². The summed E-state index contributed by atoms with van der Waals surface area (Å²) in [5.41, 5.74) is 5.78. The Hall–Kier alpha value is -2.38. The molecule has 0 atom stereocenters. The van der Waals surface area contributed by atoms with Crippen molar-refractivity contribution in [3.05, 3.63) is 63.5 Å². The third-order valence-electron chi connectivity index (χ3n) is 3.10. The number of benzene rings is 1. The van der Waals surface area contributed by atoms with Gasteiger partial charge in [0, 0.05) is 27.3 Å². The van der Waals surface area contributed by atoms with Gasteiger partial charge in [-0.25, -0.2) is 0 Å². The van der Waals surface area contributed by atoms with Gasteiger partial charge in [-0.1, -0.05) is 17.7 Å². The van der Waals surface area contributed by atoms with Crippen LogP contribution in [0.3, 0.4) is 0 Å². The summed E-state index contributed by atoms with van der Waals surface area (Å²) in [6.07, 6.45) is 3.20. The first-order valence-electron chi connectivity index (χ1n) is 6.53. The van der Waals surface area contributed by atoms with Crippen LogP contribution >= 0.6 is 27.5 Å². The van der Waals surface area contributed by atoms with E-state index in [9.17, 15) is 9.59 Å². The van der Waals surface area contributed by atoms with Gasteiger partial charge >= 0.3 is 0 Å². The van der Waals surface area contributed by atoms with Gasteiger partial charge in [0.1, 0.15) is 5.69 Å². The van der Waals surface area contributed by atoms with Crippen LogP contribution in [-0.2, 0) is 0 Å². The molecule has 0 aliphatic heterocycles. The van der Waals surface area contributed by atoms with E-state index in [0.29, 0.717) is 16.2 Å². The number of hydrogen-bond acceptors (Lipinski definition) is 3. The first-order chi connectivity index (χ1) is 11.0. The number of nitrogens with zero attached hydrogens (tertiary/aromatic N) is 1. The van der Waals surface area contributed by atoms with Crippen LogP contribution in [0, 0.1) is 0 Å². The van der Waals surface area contributed by atoms with Crippen LogP contribution < -0.4 is 10.9 Å². The molecule has 8 heteroatoms. The third kappa shape index (κ3) is 3.35. The number of carbonyl (C=O) groups is 2. The first kappa shape index (κ1) is 15.5. The minimum atomic E-state index is -0.504. The van der Waals surface area contributed by atoms with Gasteiger partial charge in [-0.2, -0.15) is 0 Å². The number of halogens is 2. The number of hydrogen-bond donors (Lipinski definition) is 3. The number of rotatable bonds is 2. The van der Waals surface area contributed by atoms with Crippen molar-refractivity contribution in [1.29, 1.82) is 0 Å². The number of fused-ring (bicyclic) bond motifs is 1. The minimum absolute atomic E-state index is 0.279. The van der Waals surface area contributed by atoms with Crippen molar-refractivity contribution < 1.29 is 9.59 Å². The molecule has 2 heterocycles. The highest BCUT2D eigenvalue weighted by Gasteiger charge is 2.14. The zero-order valence-corrected chi connectivity index (χ0v) is 13.9. The maximum atomic E-state index is 12.3. The molecule has 0 fully saturated rings. The Morgan fingerprint density at radius 3 is 2.70 bits per heavy atom. The second-order valence-electron chi connectivity index (χ2n) is 4.67. The van der Waals surface area contributed by atoms with Crippen molar-refractivity contribution in [2.24, 2.45) is 0 Å². The SMILES string of the molecule is O=C(NNC(=O)c1cc(Cl)cc2cccnc12)c1cc(Br)c[nH]1. The number of amides is 2. The molecule has 2 amide bonds. The topological polar surface area (TPSA) is 86.9 Å². The van der Waals surface area contributed by atoms with Crippen LogP contribution in [-0.4, -0.2) is 21.8 Å². The molecule has 0 saturated heterocycles. The van der Waals surface area contributed by atoms with Gasteiger partial charge in [0.2, 0.25) is 0 Å². The zero-order valence-electron chi connectivity index (χ0n) is 11.6. The molecule has 3 N–H and O–H groups in total. The molecule has 0 unspecified atom stereocenters. The van der Waals surface area contributed by atoms with Gasteiger partial charge in [-0.3, -0.25) is 25.4 Å². The smallest absolute Gasteiger partial charge is 0.286 e. The van der Waals surface area contributed by atoms with Crippen molar-refractivity contribution in [3.63, 3.8) is 0 Å². The summed E-state index contributed by atoms with van der Waals surface area (Å²) in [6.45, 7) is 0. The van der Waals surface area contributed by atoms with Gasteiger partial charge in [-0.05, 0) is 40.2 Å². The summed E-state index contributed by atoms with van der Waals surface area (Å²) in [4.78, 5) is 31.2. The van der Waals surface area contributed by atoms with Crippen LogP contribution in [0.1, 0.15) is 20.8 Å². The molecule has 0 bridgehead atoms. The lowest BCUT2D eigenvalue weighted by atomic mass is 10.1. The Kier molecular flexibility index (Phi) is 4.31. The third-order valence-corrected chi connectivity index (χ3v) is 3.77. The second kappa shape index (κ2) is 6.39. The van der Waals surface area contributed by atoms with Crippen molar-refractivity contribution in [3.8, 4) is 0 Å². The van der Waals surface area contributed by atoms with Gasteiger partial charge in [0.15, 0.2) is 0 Å². The fourth-order valence-electron chi connectivity index (χ4n) is 2.08. The van der Waals surface area contributed by atoms with Crippen molar-refractivity contribution in [2.75, 3.05) is 0 Å². The van der Waals surface area contributed by atoms with Crippen LogP contribution in [0.15, 0.2) is 47.2 Å². The van der Waals surface area contributed by atoms with Gasteiger partial charge < -0.3 is 4.98 Å². The van der Waals surface area contributed by atoms with Gasteiger partial charge in [-0.15, -0.1) is 0 Å². The van der Waals surface area contributed by atoms with E-state index in [4.69, 9.17) is 11.6 Å². The molecular formula is C15H10BrClN4O2. The summed E-state index contributed by atoms with van der Waals surface area (Å²) in [5.74, 6) is -0.974. The van der Waals surface area contributed by atoms with E-state index in [2.05, 4.69) is 36.7 Å². The van der Waals surface area contributed by atoms with E-state index in [1.807, 2.05) is 0 Å². The van der Waals surface area contributed by atoms with E-state index in [0.717, 1.165) is 9.86 Å². The maximum absolute atomic E-state index is 12.3. The molecular weight excluding hydrogens is 384 g/mol. The van der Waals surface area contributed by atoms with E-state index in [-0.39, 0.29) is 5.56 Å². The number of aromatic nitrogens is 2. The number of pyridine rings is 1. The molecule has 23 heavy (non-hydrogen) atoms. The zero-order chi connectivity index (χ0) is 16.4. The number of H-pyrrole nitrogens is 1. The predicted octanol–water partition coefficient (Wildman–Crippen LogP) is 3.05. The predicted molar refractivity (Wildman–Crippen MR) is 90.2 cm³/mol. The molecule has 6 nitrogen and oxygen atoms in total. The molecule has 0 saturated carbocycles. The molecule has 0 radical (unpaired) electrons. The van der Waals surface area contributed by atoms with E-state index >= 15 is 0 Å². The fourth-order valence-corrected chi connectivity index (χ4v) is 2.65. The van der Waals surface area contributed by atoms with Crippen LogP contribution in [0.25, 0.3) is 10.9 Å².